The quantitative estimate of drug-likeness (QED) is 0.783. The second-order valence-corrected chi connectivity index (χ2v) is 5.62. The molecule has 2 heterocycles. The molecule has 0 radical (unpaired) electrons. The lowest BCUT2D eigenvalue weighted by atomic mass is 9.89. The zero-order valence-corrected chi connectivity index (χ0v) is 11.4. The zero-order valence-electron chi connectivity index (χ0n) is 10.6. The van der Waals surface area contributed by atoms with Gasteiger partial charge in [-0.1, -0.05) is 0 Å². The highest BCUT2D eigenvalue weighted by atomic mass is 35.5. The van der Waals surface area contributed by atoms with E-state index in [0.717, 1.165) is 45.1 Å². The van der Waals surface area contributed by atoms with Crippen LogP contribution in [0.4, 0.5) is 0 Å². The van der Waals surface area contributed by atoms with Gasteiger partial charge in [0.05, 0.1) is 5.41 Å². The van der Waals surface area contributed by atoms with Gasteiger partial charge in [-0.3, -0.25) is 4.79 Å². The van der Waals surface area contributed by atoms with E-state index in [-0.39, 0.29) is 23.7 Å². The van der Waals surface area contributed by atoms with Gasteiger partial charge in [0, 0.05) is 13.1 Å². The fraction of sp³-hybridized carbons (Fsp3) is 0.917. The highest BCUT2D eigenvalue weighted by molar-refractivity contribution is 5.85. The number of carbonyl (C=O) groups excluding carboxylic acids is 1. The Bertz CT molecular complexity index is 268. The number of nitrogens with one attached hydrogen (secondary N) is 1. The van der Waals surface area contributed by atoms with Crippen molar-refractivity contribution in [3.05, 3.63) is 0 Å². The van der Waals surface area contributed by atoms with E-state index in [0.29, 0.717) is 0 Å². The van der Waals surface area contributed by atoms with Crippen molar-refractivity contribution in [2.24, 2.45) is 17.1 Å². The van der Waals surface area contributed by atoms with E-state index in [9.17, 15) is 4.79 Å². The molecule has 2 rings (SSSR count). The maximum Gasteiger partial charge on any atom is 0.224 e. The van der Waals surface area contributed by atoms with Crippen LogP contribution in [0.2, 0.25) is 0 Å². The molecule has 0 spiro atoms. The van der Waals surface area contributed by atoms with Gasteiger partial charge in [-0.2, -0.15) is 0 Å². The number of piperidine rings is 1. The maximum atomic E-state index is 11.3. The lowest BCUT2D eigenvalue weighted by molar-refractivity contribution is -0.126. The van der Waals surface area contributed by atoms with Gasteiger partial charge in [-0.05, 0) is 51.7 Å². The van der Waals surface area contributed by atoms with Crippen LogP contribution in [0.3, 0.4) is 0 Å². The van der Waals surface area contributed by atoms with Crippen LogP contribution in [0, 0.1) is 11.3 Å². The molecular formula is C12H24ClN3O. The first-order valence-corrected chi connectivity index (χ1v) is 6.33. The van der Waals surface area contributed by atoms with Crippen LogP contribution in [0.15, 0.2) is 0 Å². The standard InChI is InChI=1S/C12H23N3O.ClH/c1-12(11(13)16)4-6-15(9-12)8-10-3-2-5-14-7-10;/h10,14H,2-9H2,1H3,(H2,13,16);1H. The van der Waals surface area contributed by atoms with E-state index in [1.807, 2.05) is 6.92 Å². The van der Waals surface area contributed by atoms with Crippen LogP contribution >= 0.6 is 12.4 Å². The summed E-state index contributed by atoms with van der Waals surface area (Å²) in [7, 11) is 0. The summed E-state index contributed by atoms with van der Waals surface area (Å²) in [6.45, 7) is 7.28. The minimum absolute atomic E-state index is 0. The van der Waals surface area contributed by atoms with Crippen molar-refractivity contribution in [1.29, 1.82) is 0 Å². The molecule has 5 heteroatoms. The molecule has 3 N–H and O–H groups in total. The van der Waals surface area contributed by atoms with E-state index < -0.39 is 0 Å². The SMILES string of the molecule is CC1(C(N)=O)CCN(CC2CCCNC2)C1.Cl. The second-order valence-electron chi connectivity index (χ2n) is 5.62. The average molecular weight is 262 g/mol. The molecule has 4 nitrogen and oxygen atoms in total. The lowest BCUT2D eigenvalue weighted by Crippen LogP contribution is -2.40. The van der Waals surface area contributed by atoms with E-state index in [4.69, 9.17) is 5.73 Å². The number of carbonyl (C=O) groups is 1. The number of halogens is 1. The second kappa shape index (κ2) is 6.03. The van der Waals surface area contributed by atoms with Crippen molar-refractivity contribution in [1.82, 2.24) is 10.2 Å². The largest absolute Gasteiger partial charge is 0.369 e. The van der Waals surface area contributed by atoms with Crippen LogP contribution in [-0.4, -0.2) is 43.5 Å². The molecular weight excluding hydrogens is 238 g/mol. The van der Waals surface area contributed by atoms with E-state index in [1.54, 1.807) is 0 Å². The number of nitrogens with two attached hydrogens (primary N) is 1. The molecule has 0 bridgehead atoms. The van der Waals surface area contributed by atoms with Crippen LogP contribution < -0.4 is 11.1 Å². The first-order valence-electron chi connectivity index (χ1n) is 6.33. The summed E-state index contributed by atoms with van der Waals surface area (Å²) >= 11 is 0. The molecule has 17 heavy (non-hydrogen) atoms. The first-order chi connectivity index (χ1) is 7.60. The predicted octanol–water partition coefficient (Wildman–Crippen LogP) is 0.605. The van der Waals surface area contributed by atoms with Crippen LogP contribution in [0.1, 0.15) is 26.2 Å². The van der Waals surface area contributed by atoms with Gasteiger partial charge in [-0.15, -0.1) is 12.4 Å². The Hall–Kier alpha value is -0.320. The number of nitrogens with zero attached hydrogens (tertiary/aromatic N) is 1. The van der Waals surface area contributed by atoms with Gasteiger partial charge in [0.25, 0.3) is 0 Å². The molecule has 0 aromatic carbocycles. The van der Waals surface area contributed by atoms with E-state index in [1.165, 1.54) is 12.8 Å². The zero-order chi connectivity index (χ0) is 11.6. The van der Waals surface area contributed by atoms with E-state index in [2.05, 4.69) is 10.2 Å². The normalized spacial score (nSPS) is 34.3. The highest BCUT2D eigenvalue weighted by Crippen LogP contribution is 2.30. The molecule has 2 aliphatic heterocycles. The number of likely N-dealkylation sites (tertiary alicyclic amines) is 1. The van der Waals surface area contributed by atoms with Gasteiger partial charge >= 0.3 is 0 Å². The summed E-state index contributed by atoms with van der Waals surface area (Å²) in [5.74, 6) is 0.612. The Balaban J connectivity index is 0.00000144. The third-order valence-corrected chi connectivity index (χ3v) is 4.06. The highest BCUT2D eigenvalue weighted by Gasteiger charge is 2.39. The van der Waals surface area contributed by atoms with Gasteiger partial charge in [0.2, 0.25) is 5.91 Å². The Labute approximate surface area is 110 Å². The minimum Gasteiger partial charge on any atom is -0.369 e. The topological polar surface area (TPSA) is 58.4 Å². The van der Waals surface area contributed by atoms with E-state index >= 15 is 0 Å². The third-order valence-electron chi connectivity index (χ3n) is 4.06. The van der Waals surface area contributed by atoms with Crippen molar-refractivity contribution < 1.29 is 4.79 Å². The summed E-state index contributed by atoms with van der Waals surface area (Å²) in [5, 5.41) is 3.43. The molecule has 100 valence electrons. The summed E-state index contributed by atoms with van der Waals surface area (Å²) in [4.78, 5) is 13.7. The fourth-order valence-electron chi connectivity index (χ4n) is 2.86. The molecule has 0 aromatic rings. The summed E-state index contributed by atoms with van der Waals surface area (Å²) < 4.78 is 0. The smallest absolute Gasteiger partial charge is 0.224 e. The molecule has 0 aromatic heterocycles. The van der Waals surface area contributed by atoms with Crippen molar-refractivity contribution in [3.63, 3.8) is 0 Å². The summed E-state index contributed by atoms with van der Waals surface area (Å²) in [5.41, 5.74) is 5.16. The molecule has 2 fully saturated rings. The van der Waals surface area contributed by atoms with Crippen molar-refractivity contribution in [2.75, 3.05) is 32.7 Å². The van der Waals surface area contributed by atoms with Crippen LogP contribution in [0.25, 0.3) is 0 Å². The summed E-state index contributed by atoms with van der Waals surface area (Å²) in [6.07, 6.45) is 3.52. The van der Waals surface area contributed by atoms with Crippen molar-refractivity contribution >= 4 is 18.3 Å². The number of hydrogen-bond acceptors (Lipinski definition) is 3. The van der Waals surface area contributed by atoms with Gasteiger partial charge in [0.15, 0.2) is 0 Å². The molecule has 2 atom stereocenters. The maximum absolute atomic E-state index is 11.3. The fourth-order valence-corrected chi connectivity index (χ4v) is 2.86. The average Bonchev–Trinajstić information content (AvgIpc) is 2.63. The number of amides is 1. The van der Waals surface area contributed by atoms with Crippen LogP contribution in [0.5, 0.6) is 0 Å². The van der Waals surface area contributed by atoms with Crippen molar-refractivity contribution in [2.45, 2.75) is 26.2 Å². The predicted molar refractivity (Wildman–Crippen MR) is 71.2 cm³/mol. The molecule has 2 saturated heterocycles. The van der Waals surface area contributed by atoms with Crippen molar-refractivity contribution in [3.8, 4) is 0 Å². The Morgan fingerprint density at radius 2 is 2.35 bits per heavy atom. The monoisotopic (exact) mass is 261 g/mol. The molecule has 2 aliphatic rings. The van der Waals surface area contributed by atoms with Gasteiger partial charge < -0.3 is 16.0 Å². The third kappa shape index (κ3) is 3.57. The molecule has 0 saturated carbocycles. The minimum atomic E-state index is -0.290. The van der Waals surface area contributed by atoms with Gasteiger partial charge in [-0.25, -0.2) is 0 Å². The Kier molecular flexibility index (Phi) is 5.22. The lowest BCUT2D eigenvalue weighted by Gasteiger charge is -2.28. The molecule has 2 unspecified atom stereocenters. The number of rotatable bonds is 3. The Morgan fingerprint density at radius 1 is 1.59 bits per heavy atom. The summed E-state index contributed by atoms with van der Waals surface area (Å²) in [6, 6.07) is 0. The molecule has 0 aliphatic carbocycles. The number of primary amides is 1. The molecule has 1 amide bonds. The first kappa shape index (κ1) is 14.7. The van der Waals surface area contributed by atoms with Gasteiger partial charge in [0.1, 0.15) is 0 Å². The van der Waals surface area contributed by atoms with Crippen LogP contribution in [-0.2, 0) is 4.79 Å². The Morgan fingerprint density at radius 3 is 2.88 bits per heavy atom. The number of hydrogen-bond donors (Lipinski definition) is 2.